The lowest BCUT2D eigenvalue weighted by molar-refractivity contribution is -0.133. The topological polar surface area (TPSA) is 89.6 Å². The van der Waals surface area contributed by atoms with Gasteiger partial charge in [-0.2, -0.15) is 4.31 Å². The number of carbonyl (C=O) groups is 1. The first-order valence-corrected chi connectivity index (χ1v) is 13.9. The highest BCUT2D eigenvalue weighted by Gasteiger charge is 2.30. The Morgan fingerprint density at radius 1 is 1.03 bits per heavy atom. The molecule has 8 nitrogen and oxygen atoms in total. The second kappa shape index (κ2) is 10.1. The van der Waals surface area contributed by atoms with Gasteiger partial charge in [-0.05, 0) is 31.0 Å². The Balaban J connectivity index is 1.23. The number of carbonyl (C=O) groups excluding carboxylic acids is 1. The Morgan fingerprint density at radius 2 is 1.74 bits per heavy atom. The number of imidazole rings is 1. The zero-order valence-electron chi connectivity index (χ0n) is 20.2. The highest BCUT2D eigenvalue weighted by Crippen LogP contribution is 2.25. The molecule has 1 aliphatic heterocycles. The van der Waals surface area contributed by atoms with Crippen molar-refractivity contribution in [1.29, 1.82) is 0 Å². The number of hydrogen-bond acceptors (Lipinski definition) is 5. The van der Waals surface area contributed by atoms with Crippen LogP contribution in [0.2, 0.25) is 0 Å². The zero-order valence-corrected chi connectivity index (χ0v) is 21.0. The number of likely N-dealkylation sites (N-methyl/N-ethyl adjacent to an activating group) is 1. The van der Waals surface area contributed by atoms with Crippen LogP contribution in [0.15, 0.2) is 53.4 Å². The Hall–Kier alpha value is -2.75. The van der Waals surface area contributed by atoms with E-state index in [4.69, 9.17) is 0 Å². The number of rotatable bonds is 6. The summed E-state index contributed by atoms with van der Waals surface area (Å²) in [6, 6.07) is 15.2. The van der Waals surface area contributed by atoms with Crippen molar-refractivity contribution in [2.45, 2.75) is 43.0 Å². The molecule has 2 heterocycles. The molecule has 1 amide bonds. The lowest BCUT2D eigenvalue weighted by Crippen LogP contribution is -2.54. The van der Waals surface area contributed by atoms with E-state index in [-0.39, 0.29) is 17.3 Å². The van der Waals surface area contributed by atoms with Crippen molar-refractivity contribution in [3.8, 4) is 11.4 Å². The summed E-state index contributed by atoms with van der Waals surface area (Å²) in [7, 11) is -2.35. The number of aromatic nitrogens is 2. The zero-order chi connectivity index (χ0) is 24.4. The van der Waals surface area contributed by atoms with E-state index in [0.717, 1.165) is 23.0 Å². The molecule has 1 saturated heterocycles. The van der Waals surface area contributed by atoms with Crippen LogP contribution in [0, 0.1) is 0 Å². The molecule has 5 rings (SSSR count). The van der Waals surface area contributed by atoms with Crippen molar-refractivity contribution < 1.29 is 13.2 Å². The van der Waals surface area contributed by atoms with Crippen LogP contribution in [0.1, 0.15) is 32.1 Å². The van der Waals surface area contributed by atoms with Crippen molar-refractivity contribution in [2.75, 3.05) is 39.8 Å². The van der Waals surface area contributed by atoms with Gasteiger partial charge in [0.05, 0.1) is 22.5 Å². The molecule has 0 unspecified atom stereocenters. The summed E-state index contributed by atoms with van der Waals surface area (Å²) < 4.78 is 27.6. The molecule has 2 aromatic carbocycles. The highest BCUT2D eigenvalue weighted by atomic mass is 32.2. The van der Waals surface area contributed by atoms with E-state index < -0.39 is 10.0 Å². The van der Waals surface area contributed by atoms with Gasteiger partial charge >= 0.3 is 0 Å². The van der Waals surface area contributed by atoms with Crippen molar-refractivity contribution in [1.82, 2.24) is 24.1 Å². The van der Waals surface area contributed by atoms with Crippen LogP contribution in [0.5, 0.6) is 0 Å². The minimum atomic E-state index is -3.82. The van der Waals surface area contributed by atoms with Gasteiger partial charge in [-0.1, -0.05) is 49.6 Å². The van der Waals surface area contributed by atoms with Crippen molar-refractivity contribution in [3.63, 3.8) is 0 Å². The number of nitrogens with zero attached hydrogens (tertiary/aromatic N) is 4. The Labute approximate surface area is 207 Å². The number of fused-ring (bicyclic) bond motifs is 1. The number of amides is 1. The third-order valence-corrected chi connectivity index (χ3v) is 9.12. The first-order chi connectivity index (χ1) is 16.9. The molecule has 2 fully saturated rings. The molecule has 1 aliphatic carbocycles. The lowest BCUT2D eigenvalue weighted by atomic mass is 9.94. The number of nitrogens with one attached hydrogen (secondary N) is 1. The van der Waals surface area contributed by atoms with Crippen molar-refractivity contribution in [3.05, 3.63) is 48.5 Å². The third kappa shape index (κ3) is 5.12. The second-order valence-electron chi connectivity index (χ2n) is 9.60. The predicted molar refractivity (Wildman–Crippen MR) is 136 cm³/mol. The van der Waals surface area contributed by atoms with Gasteiger partial charge in [0, 0.05) is 44.8 Å². The van der Waals surface area contributed by atoms with Crippen LogP contribution >= 0.6 is 0 Å². The minimum Gasteiger partial charge on any atom is -0.339 e. The first kappa shape index (κ1) is 24.0. The van der Waals surface area contributed by atoms with Gasteiger partial charge in [0.2, 0.25) is 15.9 Å². The highest BCUT2D eigenvalue weighted by molar-refractivity contribution is 7.89. The largest absolute Gasteiger partial charge is 0.339 e. The summed E-state index contributed by atoms with van der Waals surface area (Å²) in [5.74, 6) is 0.541. The average molecular weight is 496 g/mol. The molecule has 2 aliphatic rings. The Bertz CT molecular complexity index is 1280. The summed E-state index contributed by atoms with van der Waals surface area (Å²) in [4.78, 5) is 25.2. The van der Waals surface area contributed by atoms with Crippen molar-refractivity contribution >= 4 is 27.0 Å². The van der Waals surface area contributed by atoms with Crippen LogP contribution in [0.25, 0.3) is 22.4 Å². The molecule has 1 N–H and O–H groups in total. The maximum Gasteiger partial charge on any atom is 0.243 e. The normalized spacial score (nSPS) is 18.4. The number of benzene rings is 2. The first-order valence-electron chi connectivity index (χ1n) is 12.5. The van der Waals surface area contributed by atoms with Gasteiger partial charge in [-0.3, -0.25) is 9.69 Å². The molecule has 0 radical (unpaired) electrons. The molecule has 0 atom stereocenters. The molecular formula is C26H33N5O3S. The van der Waals surface area contributed by atoms with E-state index >= 15 is 0 Å². The quantitative estimate of drug-likeness (QED) is 0.567. The number of piperazine rings is 1. The fourth-order valence-corrected chi connectivity index (χ4v) is 6.37. The summed E-state index contributed by atoms with van der Waals surface area (Å²) in [6.07, 6.45) is 6.43. The van der Waals surface area contributed by atoms with E-state index in [2.05, 4.69) is 14.9 Å². The summed E-state index contributed by atoms with van der Waals surface area (Å²) >= 11 is 0. The minimum absolute atomic E-state index is 0.144. The summed E-state index contributed by atoms with van der Waals surface area (Å²) in [6.45, 7) is 2.89. The van der Waals surface area contributed by atoms with E-state index in [1.807, 2.05) is 30.3 Å². The summed E-state index contributed by atoms with van der Waals surface area (Å²) in [5.41, 5.74) is 2.26. The van der Waals surface area contributed by atoms with Gasteiger partial charge in [0.15, 0.2) is 0 Å². The van der Waals surface area contributed by atoms with E-state index in [9.17, 15) is 13.2 Å². The molecule has 186 valence electrons. The maximum atomic E-state index is 13.2. The molecule has 0 spiro atoms. The fourth-order valence-electron chi connectivity index (χ4n) is 5.22. The van der Waals surface area contributed by atoms with Crippen LogP contribution in [-0.4, -0.2) is 84.2 Å². The van der Waals surface area contributed by atoms with Gasteiger partial charge in [0.25, 0.3) is 0 Å². The molecule has 1 aromatic heterocycles. The molecular weight excluding hydrogens is 462 g/mol. The summed E-state index contributed by atoms with van der Waals surface area (Å²) in [5, 5.41) is 0. The van der Waals surface area contributed by atoms with Crippen LogP contribution < -0.4 is 0 Å². The third-order valence-electron chi connectivity index (χ3n) is 7.32. The lowest BCUT2D eigenvalue weighted by Gasteiger charge is -2.41. The van der Waals surface area contributed by atoms with Gasteiger partial charge in [-0.25, -0.2) is 13.4 Å². The Kier molecular flexibility index (Phi) is 6.91. The average Bonchev–Trinajstić information content (AvgIpc) is 3.33. The molecule has 0 bridgehead atoms. The predicted octanol–water partition coefficient (Wildman–Crippen LogP) is 3.33. The number of sulfonamides is 1. The number of H-pyrrole nitrogens is 1. The van der Waals surface area contributed by atoms with Gasteiger partial charge < -0.3 is 9.88 Å². The smallest absolute Gasteiger partial charge is 0.243 e. The number of aromatic amines is 1. The second-order valence-corrected chi connectivity index (χ2v) is 11.6. The van der Waals surface area contributed by atoms with E-state index in [1.165, 1.54) is 39.2 Å². The monoisotopic (exact) mass is 495 g/mol. The Morgan fingerprint density at radius 3 is 2.46 bits per heavy atom. The van der Waals surface area contributed by atoms with Crippen LogP contribution in [-0.2, 0) is 14.8 Å². The molecule has 35 heavy (non-hydrogen) atoms. The fraction of sp³-hybridized carbons (Fsp3) is 0.462. The van der Waals surface area contributed by atoms with Crippen molar-refractivity contribution in [2.24, 2.45) is 0 Å². The standard InChI is InChI=1S/C26H33N5O3S/c1-29(19-25(32)31-16-14-30(15-17-31)21-10-6-3-7-11-21)35(33,34)22-12-13-23-24(18-22)28-26(27-23)20-8-4-2-5-9-20/h2,4-5,8-9,12-13,18,21H,3,6-7,10-11,14-17,19H2,1H3,(H,27,28). The van der Waals surface area contributed by atoms with E-state index in [1.54, 1.807) is 23.1 Å². The number of hydrogen-bond donors (Lipinski definition) is 1. The maximum absolute atomic E-state index is 13.2. The van der Waals surface area contributed by atoms with Gasteiger partial charge in [-0.15, -0.1) is 0 Å². The molecule has 1 saturated carbocycles. The SMILES string of the molecule is CN(CC(=O)N1CCN(C2CCCCC2)CC1)S(=O)(=O)c1ccc2nc(-c3ccccc3)[nH]c2c1. The van der Waals surface area contributed by atoms with Crippen LogP contribution in [0.3, 0.4) is 0 Å². The molecule has 9 heteroatoms. The van der Waals surface area contributed by atoms with Crippen LogP contribution in [0.4, 0.5) is 0 Å². The molecule has 3 aromatic rings. The van der Waals surface area contributed by atoms with Gasteiger partial charge in [0.1, 0.15) is 5.82 Å². The van der Waals surface area contributed by atoms with E-state index in [0.29, 0.717) is 36.0 Å².